The Labute approximate surface area is 164 Å². The van der Waals surface area contributed by atoms with Crippen LogP contribution >= 0.6 is 15.9 Å². The maximum absolute atomic E-state index is 12.7. The molecule has 3 heterocycles. The fourth-order valence-electron chi connectivity index (χ4n) is 3.67. The van der Waals surface area contributed by atoms with Gasteiger partial charge in [-0.1, -0.05) is 6.92 Å². The van der Waals surface area contributed by atoms with Gasteiger partial charge in [0.25, 0.3) is 5.91 Å². The number of rotatable bonds is 4. The van der Waals surface area contributed by atoms with Crippen LogP contribution in [-0.4, -0.2) is 45.5 Å². The number of nitrogens with two attached hydrogens (primary N) is 1. The van der Waals surface area contributed by atoms with E-state index in [1.165, 1.54) is 6.20 Å². The minimum absolute atomic E-state index is 0.0542. The summed E-state index contributed by atoms with van der Waals surface area (Å²) < 4.78 is 2.50. The van der Waals surface area contributed by atoms with E-state index in [0.717, 1.165) is 9.99 Å². The zero-order chi connectivity index (χ0) is 19.3. The van der Waals surface area contributed by atoms with E-state index in [0.29, 0.717) is 37.2 Å². The van der Waals surface area contributed by atoms with Crippen molar-refractivity contribution >= 4 is 38.9 Å². The molecule has 0 spiro atoms. The Morgan fingerprint density at radius 3 is 2.81 bits per heavy atom. The van der Waals surface area contributed by atoms with E-state index in [-0.39, 0.29) is 17.9 Å². The Morgan fingerprint density at radius 1 is 1.44 bits per heavy atom. The topological polar surface area (TPSA) is 117 Å². The van der Waals surface area contributed by atoms with Gasteiger partial charge in [-0.3, -0.25) is 9.59 Å². The van der Waals surface area contributed by atoms with Gasteiger partial charge in [0, 0.05) is 29.8 Å². The number of nitrogens with one attached hydrogen (secondary N) is 1. The molecule has 2 fully saturated rings. The third kappa shape index (κ3) is 2.94. The van der Waals surface area contributed by atoms with Gasteiger partial charge >= 0.3 is 0 Å². The number of likely N-dealkylation sites (tertiary alicyclic amines) is 1. The summed E-state index contributed by atoms with van der Waals surface area (Å²) in [7, 11) is 0. The molecule has 1 aliphatic heterocycles. The van der Waals surface area contributed by atoms with Gasteiger partial charge in [-0.05, 0) is 40.8 Å². The molecule has 1 saturated carbocycles. The first kappa shape index (κ1) is 17.8. The van der Waals surface area contributed by atoms with Gasteiger partial charge in [0.05, 0.1) is 29.0 Å². The second-order valence-corrected chi connectivity index (χ2v) is 8.33. The first-order chi connectivity index (χ1) is 12.8. The van der Waals surface area contributed by atoms with Crippen molar-refractivity contribution in [3.8, 4) is 6.07 Å². The lowest BCUT2D eigenvalue weighted by molar-refractivity contribution is -0.134. The average Bonchev–Trinajstić information content (AvgIpc) is 3.21. The van der Waals surface area contributed by atoms with Crippen LogP contribution in [0.1, 0.15) is 30.1 Å². The molecule has 3 N–H and O–H groups in total. The highest BCUT2D eigenvalue weighted by molar-refractivity contribution is 9.10. The molecule has 27 heavy (non-hydrogen) atoms. The van der Waals surface area contributed by atoms with Crippen LogP contribution in [0.2, 0.25) is 0 Å². The smallest absolute Gasteiger partial charge is 0.252 e. The number of nitrogens with zero attached hydrogens (tertiary/aromatic N) is 4. The summed E-state index contributed by atoms with van der Waals surface area (Å²) in [4.78, 5) is 26.3. The zero-order valence-corrected chi connectivity index (χ0v) is 16.4. The minimum atomic E-state index is -0.816. The van der Waals surface area contributed by atoms with E-state index in [2.05, 4.69) is 32.4 Å². The highest BCUT2D eigenvalue weighted by Crippen LogP contribution is 2.47. The van der Waals surface area contributed by atoms with Gasteiger partial charge in [0.2, 0.25) is 5.91 Å². The third-order valence-corrected chi connectivity index (χ3v) is 5.91. The van der Waals surface area contributed by atoms with E-state index < -0.39 is 11.3 Å². The zero-order valence-electron chi connectivity index (χ0n) is 14.8. The number of carbonyl (C=O) groups is 2. The van der Waals surface area contributed by atoms with E-state index in [1.807, 2.05) is 13.0 Å². The quantitative estimate of drug-likeness (QED) is 0.765. The SMILES string of the molecule is C[C@@H]1CN(C(=O)C2(C#N)CC2)C[C@H]1Nc1c(C(N)=O)cnn2cc(Br)cc12. The van der Waals surface area contributed by atoms with Crippen LogP contribution in [0.25, 0.3) is 5.52 Å². The molecule has 2 aromatic heterocycles. The molecule has 4 rings (SSSR count). The van der Waals surface area contributed by atoms with Crippen molar-refractivity contribution < 1.29 is 9.59 Å². The Kier molecular flexibility index (Phi) is 4.11. The number of carbonyl (C=O) groups excluding carboxylic acids is 2. The number of nitriles is 1. The van der Waals surface area contributed by atoms with Crippen LogP contribution in [0.5, 0.6) is 0 Å². The predicted molar refractivity (Wildman–Crippen MR) is 102 cm³/mol. The summed E-state index contributed by atoms with van der Waals surface area (Å²) in [5.41, 5.74) is 6.36. The minimum Gasteiger partial charge on any atom is -0.378 e. The van der Waals surface area contributed by atoms with Crippen LogP contribution in [0, 0.1) is 22.7 Å². The van der Waals surface area contributed by atoms with Crippen molar-refractivity contribution in [1.29, 1.82) is 5.26 Å². The normalized spacial score (nSPS) is 23.2. The first-order valence-corrected chi connectivity index (χ1v) is 9.58. The number of halogens is 1. The summed E-state index contributed by atoms with van der Waals surface area (Å²) >= 11 is 3.42. The number of aromatic nitrogens is 2. The molecular weight excluding hydrogens is 412 g/mol. The van der Waals surface area contributed by atoms with Gasteiger partial charge < -0.3 is 16.0 Å². The molecular formula is C18H19BrN6O2. The largest absolute Gasteiger partial charge is 0.378 e. The Hall–Kier alpha value is -2.60. The summed E-state index contributed by atoms with van der Waals surface area (Å²) in [5.74, 6) is -0.484. The van der Waals surface area contributed by atoms with Crippen molar-refractivity contribution in [1.82, 2.24) is 14.5 Å². The number of hydrogen-bond donors (Lipinski definition) is 2. The Bertz CT molecular complexity index is 990. The molecule has 140 valence electrons. The Morgan fingerprint density at radius 2 is 2.19 bits per heavy atom. The molecule has 8 nitrogen and oxygen atoms in total. The van der Waals surface area contributed by atoms with E-state index in [4.69, 9.17) is 5.73 Å². The molecule has 1 aliphatic carbocycles. The molecule has 9 heteroatoms. The number of primary amides is 1. The first-order valence-electron chi connectivity index (χ1n) is 8.78. The maximum Gasteiger partial charge on any atom is 0.252 e. The summed E-state index contributed by atoms with van der Waals surface area (Å²) in [6, 6.07) is 3.98. The van der Waals surface area contributed by atoms with Crippen molar-refractivity contribution in [3.63, 3.8) is 0 Å². The molecule has 1 saturated heterocycles. The summed E-state index contributed by atoms with van der Waals surface area (Å²) in [6.45, 7) is 3.11. The monoisotopic (exact) mass is 430 g/mol. The van der Waals surface area contributed by atoms with Gasteiger partial charge in [0.15, 0.2) is 0 Å². The lowest BCUT2D eigenvalue weighted by Gasteiger charge is -2.21. The van der Waals surface area contributed by atoms with Gasteiger partial charge in [-0.25, -0.2) is 4.52 Å². The molecule has 2 atom stereocenters. The fraction of sp³-hybridized carbons (Fsp3) is 0.444. The van der Waals surface area contributed by atoms with Crippen LogP contribution in [0.4, 0.5) is 5.69 Å². The predicted octanol–water partition coefficient (Wildman–Crippen LogP) is 1.76. The van der Waals surface area contributed by atoms with Crippen LogP contribution in [0.15, 0.2) is 22.9 Å². The van der Waals surface area contributed by atoms with Gasteiger partial charge in [-0.2, -0.15) is 10.4 Å². The molecule has 0 radical (unpaired) electrons. The molecule has 0 bridgehead atoms. The van der Waals surface area contributed by atoms with Crippen molar-refractivity contribution in [2.75, 3.05) is 18.4 Å². The van der Waals surface area contributed by atoms with E-state index in [9.17, 15) is 14.9 Å². The lowest BCUT2D eigenvalue weighted by atomic mass is 10.1. The van der Waals surface area contributed by atoms with E-state index >= 15 is 0 Å². The van der Waals surface area contributed by atoms with Gasteiger partial charge in [-0.15, -0.1) is 0 Å². The van der Waals surface area contributed by atoms with Crippen LogP contribution in [-0.2, 0) is 4.79 Å². The molecule has 0 unspecified atom stereocenters. The highest BCUT2D eigenvalue weighted by Gasteiger charge is 2.54. The number of hydrogen-bond acceptors (Lipinski definition) is 5. The molecule has 2 amide bonds. The van der Waals surface area contributed by atoms with Crippen LogP contribution in [0.3, 0.4) is 0 Å². The lowest BCUT2D eigenvalue weighted by Crippen LogP contribution is -2.36. The number of fused-ring (bicyclic) bond motifs is 1. The van der Waals surface area contributed by atoms with Crippen LogP contribution < -0.4 is 11.1 Å². The van der Waals surface area contributed by atoms with Gasteiger partial charge in [0.1, 0.15) is 5.41 Å². The van der Waals surface area contributed by atoms with E-state index in [1.54, 1.807) is 15.6 Å². The number of amides is 2. The highest BCUT2D eigenvalue weighted by atomic mass is 79.9. The van der Waals surface area contributed by atoms with Crippen molar-refractivity contribution in [2.24, 2.45) is 17.1 Å². The second-order valence-electron chi connectivity index (χ2n) is 7.42. The maximum atomic E-state index is 12.7. The summed E-state index contributed by atoms with van der Waals surface area (Å²) in [6.07, 6.45) is 4.52. The standard InChI is InChI=1S/C18H19BrN6O2/c1-10-6-24(17(27)18(9-20)2-3-18)8-13(10)23-15-12(16(21)26)5-22-25-7-11(19)4-14(15)25/h4-5,7,10,13,23H,2-3,6,8H2,1H3,(H2,21,26)/t10-,13-/m1/s1. The molecule has 0 aromatic carbocycles. The second kappa shape index (κ2) is 6.23. The fourth-order valence-corrected chi connectivity index (χ4v) is 4.08. The van der Waals surface area contributed by atoms with Crippen molar-refractivity contribution in [3.05, 3.63) is 28.5 Å². The summed E-state index contributed by atoms with van der Waals surface area (Å²) in [5, 5.41) is 16.9. The third-order valence-electron chi connectivity index (χ3n) is 5.47. The molecule has 2 aliphatic rings. The molecule has 2 aromatic rings. The number of anilines is 1. The average molecular weight is 431 g/mol. The van der Waals surface area contributed by atoms with Crippen molar-refractivity contribution in [2.45, 2.75) is 25.8 Å². The Balaban J connectivity index is 1.62.